The van der Waals surface area contributed by atoms with Crippen LogP contribution in [0.3, 0.4) is 0 Å². The van der Waals surface area contributed by atoms with Gasteiger partial charge in [0.15, 0.2) is 0 Å². The standard InChI is InChI=1S/C14H17N3O3/c1-10(2)16(7-8-18)14-6-3-11-9-12(17(19)20)4-5-13(11)15-14/h3-6,9-10,18H,7-8H2,1-2H3. The lowest BCUT2D eigenvalue weighted by Crippen LogP contribution is -2.34. The molecule has 2 rings (SSSR count). The van der Waals surface area contributed by atoms with Gasteiger partial charge in [-0.25, -0.2) is 4.98 Å². The van der Waals surface area contributed by atoms with E-state index >= 15 is 0 Å². The molecule has 0 fully saturated rings. The van der Waals surface area contributed by atoms with E-state index in [2.05, 4.69) is 4.98 Å². The van der Waals surface area contributed by atoms with Gasteiger partial charge in [-0.15, -0.1) is 0 Å². The minimum atomic E-state index is -0.417. The number of non-ortho nitro benzene ring substituents is 1. The van der Waals surface area contributed by atoms with Gasteiger partial charge in [-0.1, -0.05) is 0 Å². The summed E-state index contributed by atoms with van der Waals surface area (Å²) in [5.41, 5.74) is 0.764. The summed E-state index contributed by atoms with van der Waals surface area (Å²) in [5.74, 6) is 0.760. The van der Waals surface area contributed by atoms with Crippen molar-refractivity contribution >= 4 is 22.4 Å². The van der Waals surface area contributed by atoms with Gasteiger partial charge in [0.05, 0.1) is 17.0 Å². The quantitative estimate of drug-likeness (QED) is 0.669. The minimum Gasteiger partial charge on any atom is -0.395 e. The fraction of sp³-hybridized carbons (Fsp3) is 0.357. The summed E-state index contributed by atoms with van der Waals surface area (Å²) in [6.07, 6.45) is 0. The van der Waals surface area contributed by atoms with Crippen molar-refractivity contribution in [2.24, 2.45) is 0 Å². The summed E-state index contributed by atoms with van der Waals surface area (Å²) < 4.78 is 0. The van der Waals surface area contributed by atoms with Crippen molar-refractivity contribution in [1.29, 1.82) is 0 Å². The first-order chi connectivity index (χ1) is 9.52. The highest BCUT2D eigenvalue weighted by Gasteiger charge is 2.13. The third-order valence-corrected chi connectivity index (χ3v) is 3.13. The van der Waals surface area contributed by atoms with E-state index in [0.717, 1.165) is 11.2 Å². The number of aliphatic hydroxyl groups excluding tert-OH is 1. The number of nitro benzene ring substituents is 1. The monoisotopic (exact) mass is 275 g/mol. The predicted octanol–water partition coefficient (Wildman–Crippen LogP) is 2.35. The summed E-state index contributed by atoms with van der Waals surface area (Å²) in [5, 5.41) is 20.6. The van der Waals surface area contributed by atoms with Crippen LogP contribution in [0.5, 0.6) is 0 Å². The summed E-state index contributed by atoms with van der Waals surface area (Å²) in [7, 11) is 0. The highest BCUT2D eigenvalue weighted by Crippen LogP contribution is 2.23. The molecule has 20 heavy (non-hydrogen) atoms. The first-order valence-electron chi connectivity index (χ1n) is 6.45. The molecule has 0 saturated heterocycles. The molecule has 0 aliphatic heterocycles. The summed E-state index contributed by atoms with van der Waals surface area (Å²) in [6, 6.07) is 8.46. The number of nitro groups is 1. The van der Waals surface area contributed by atoms with Crippen molar-refractivity contribution in [2.75, 3.05) is 18.1 Å². The third-order valence-electron chi connectivity index (χ3n) is 3.13. The fourth-order valence-electron chi connectivity index (χ4n) is 2.12. The van der Waals surface area contributed by atoms with Crippen LogP contribution in [0, 0.1) is 10.1 Å². The average molecular weight is 275 g/mol. The first kappa shape index (κ1) is 14.2. The van der Waals surface area contributed by atoms with E-state index in [1.54, 1.807) is 6.07 Å². The smallest absolute Gasteiger partial charge is 0.270 e. The number of fused-ring (bicyclic) bond motifs is 1. The van der Waals surface area contributed by atoms with Gasteiger partial charge in [-0.2, -0.15) is 0 Å². The average Bonchev–Trinajstić information content (AvgIpc) is 2.43. The molecule has 0 spiro atoms. The summed E-state index contributed by atoms with van der Waals surface area (Å²) in [6.45, 7) is 4.61. The molecule has 0 radical (unpaired) electrons. The lowest BCUT2D eigenvalue weighted by atomic mass is 10.2. The molecule has 0 aliphatic carbocycles. The van der Waals surface area contributed by atoms with Crippen LogP contribution in [0.4, 0.5) is 11.5 Å². The molecule has 6 heteroatoms. The highest BCUT2D eigenvalue weighted by molar-refractivity contribution is 5.82. The third kappa shape index (κ3) is 2.85. The van der Waals surface area contributed by atoms with Crippen LogP contribution in [-0.2, 0) is 0 Å². The number of anilines is 1. The molecule has 0 atom stereocenters. The lowest BCUT2D eigenvalue weighted by Gasteiger charge is -2.27. The van der Waals surface area contributed by atoms with Gasteiger partial charge >= 0.3 is 0 Å². The minimum absolute atomic E-state index is 0.0537. The maximum absolute atomic E-state index is 10.7. The Labute approximate surface area is 116 Å². The van der Waals surface area contributed by atoms with Crippen LogP contribution in [0.2, 0.25) is 0 Å². The number of nitrogens with zero attached hydrogens (tertiary/aromatic N) is 3. The molecular weight excluding hydrogens is 258 g/mol. The van der Waals surface area contributed by atoms with Gasteiger partial charge in [-0.05, 0) is 32.0 Å². The second-order valence-corrected chi connectivity index (χ2v) is 4.81. The van der Waals surface area contributed by atoms with Crippen LogP contribution in [0.25, 0.3) is 10.9 Å². The number of pyridine rings is 1. The van der Waals surface area contributed by atoms with Crippen molar-refractivity contribution in [2.45, 2.75) is 19.9 Å². The Morgan fingerprint density at radius 2 is 2.10 bits per heavy atom. The molecule has 1 aromatic carbocycles. The zero-order valence-electron chi connectivity index (χ0n) is 11.5. The molecule has 1 aromatic heterocycles. The number of hydrogen-bond donors (Lipinski definition) is 1. The van der Waals surface area contributed by atoms with E-state index in [1.165, 1.54) is 12.1 Å². The molecule has 1 heterocycles. The van der Waals surface area contributed by atoms with Crippen LogP contribution in [-0.4, -0.2) is 34.2 Å². The first-order valence-corrected chi connectivity index (χ1v) is 6.45. The SMILES string of the molecule is CC(C)N(CCO)c1ccc2cc([N+](=O)[O-])ccc2n1. The second-order valence-electron chi connectivity index (χ2n) is 4.81. The van der Waals surface area contributed by atoms with E-state index < -0.39 is 4.92 Å². The Kier molecular flexibility index (Phi) is 4.14. The molecular formula is C14H17N3O3. The van der Waals surface area contributed by atoms with Crippen molar-refractivity contribution in [3.05, 3.63) is 40.4 Å². The number of rotatable bonds is 5. The number of benzene rings is 1. The van der Waals surface area contributed by atoms with Gasteiger partial charge in [-0.3, -0.25) is 10.1 Å². The van der Waals surface area contributed by atoms with Crippen LogP contribution < -0.4 is 4.90 Å². The number of hydrogen-bond acceptors (Lipinski definition) is 5. The second kappa shape index (κ2) is 5.83. The van der Waals surface area contributed by atoms with Crippen molar-refractivity contribution in [3.8, 4) is 0 Å². The maximum atomic E-state index is 10.7. The topological polar surface area (TPSA) is 79.5 Å². The van der Waals surface area contributed by atoms with Crippen LogP contribution in [0.15, 0.2) is 30.3 Å². The molecule has 0 amide bonds. The molecule has 6 nitrogen and oxygen atoms in total. The molecule has 0 aliphatic rings. The van der Waals surface area contributed by atoms with Gasteiger partial charge in [0.1, 0.15) is 5.82 Å². The van der Waals surface area contributed by atoms with Crippen molar-refractivity contribution in [1.82, 2.24) is 4.98 Å². The van der Waals surface area contributed by atoms with Crippen LogP contribution in [0.1, 0.15) is 13.8 Å². The van der Waals surface area contributed by atoms with Crippen LogP contribution >= 0.6 is 0 Å². The Bertz CT molecular complexity index is 628. The molecule has 0 bridgehead atoms. The largest absolute Gasteiger partial charge is 0.395 e. The van der Waals surface area contributed by atoms with Crippen molar-refractivity contribution < 1.29 is 10.0 Å². The normalized spacial score (nSPS) is 11.0. The lowest BCUT2D eigenvalue weighted by molar-refractivity contribution is -0.384. The highest BCUT2D eigenvalue weighted by atomic mass is 16.6. The molecule has 2 aromatic rings. The van der Waals surface area contributed by atoms with Crippen molar-refractivity contribution in [3.63, 3.8) is 0 Å². The Hall–Kier alpha value is -2.21. The van der Waals surface area contributed by atoms with E-state index in [-0.39, 0.29) is 18.3 Å². The Morgan fingerprint density at radius 1 is 1.35 bits per heavy atom. The van der Waals surface area contributed by atoms with E-state index in [9.17, 15) is 10.1 Å². The summed E-state index contributed by atoms with van der Waals surface area (Å²) >= 11 is 0. The zero-order valence-corrected chi connectivity index (χ0v) is 11.5. The Morgan fingerprint density at radius 3 is 2.70 bits per heavy atom. The van der Waals surface area contributed by atoms with E-state index in [4.69, 9.17) is 5.11 Å². The summed E-state index contributed by atoms with van der Waals surface area (Å²) in [4.78, 5) is 16.8. The maximum Gasteiger partial charge on any atom is 0.270 e. The zero-order chi connectivity index (χ0) is 14.7. The number of aromatic nitrogens is 1. The van der Waals surface area contributed by atoms with E-state index in [0.29, 0.717) is 12.1 Å². The number of aliphatic hydroxyl groups is 1. The Balaban J connectivity index is 2.43. The molecule has 0 unspecified atom stereocenters. The van der Waals surface area contributed by atoms with Gasteiger partial charge in [0.25, 0.3) is 5.69 Å². The fourth-order valence-corrected chi connectivity index (χ4v) is 2.12. The predicted molar refractivity (Wildman–Crippen MR) is 78.0 cm³/mol. The van der Waals surface area contributed by atoms with Gasteiger partial charge in [0.2, 0.25) is 0 Å². The molecule has 1 N–H and O–H groups in total. The van der Waals surface area contributed by atoms with Gasteiger partial charge < -0.3 is 10.0 Å². The van der Waals surface area contributed by atoms with Gasteiger partial charge in [0, 0.05) is 30.1 Å². The molecule has 0 saturated carbocycles. The van der Waals surface area contributed by atoms with E-state index in [1.807, 2.05) is 30.9 Å². The molecule has 106 valence electrons.